The van der Waals surface area contributed by atoms with Crippen molar-refractivity contribution in [2.75, 3.05) is 7.11 Å². The van der Waals surface area contributed by atoms with Crippen LogP contribution in [-0.2, 0) is 10.6 Å². The van der Waals surface area contributed by atoms with Crippen molar-refractivity contribution in [2.45, 2.75) is 12.8 Å². The first-order valence-corrected chi connectivity index (χ1v) is 4.77. The zero-order chi connectivity index (χ0) is 9.14. The average Bonchev–Trinajstić information content (AvgIpc) is 2.45. The van der Waals surface area contributed by atoms with Crippen LogP contribution in [0.1, 0.15) is 20.1 Å². The number of hydrogen-bond acceptors (Lipinski definition) is 3. The summed E-state index contributed by atoms with van der Waals surface area (Å²) in [6, 6.07) is 1.91. The number of thiophene rings is 1. The first-order chi connectivity index (χ1) is 5.69. The van der Waals surface area contributed by atoms with Crippen LogP contribution in [0.2, 0.25) is 0 Å². The second-order valence-electron chi connectivity index (χ2n) is 2.34. The van der Waals surface area contributed by atoms with Crippen LogP contribution in [0.4, 0.5) is 0 Å². The van der Waals surface area contributed by atoms with E-state index in [1.165, 1.54) is 18.4 Å². The van der Waals surface area contributed by atoms with Gasteiger partial charge in [0.15, 0.2) is 0 Å². The number of halogens is 1. The van der Waals surface area contributed by atoms with E-state index in [4.69, 9.17) is 11.6 Å². The third kappa shape index (κ3) is 1.79. The fourth-order valence-electron chi connectivity index (χ4n) is 0.932. The minimum Gasteiger partial charge on any atom is -0.465 e. The fourth-order valence-corrected chi connectivity index (χ4v) is 2.17. The van der Waals surface area contributed by atoms with Crippen LogP contribution in [0.25, 0.3) is 0 Å². The quantitative estimate of drug-likeness (QED) is 0.547. The van der Waals surface area contributed by atoms with E-state index in [9.17, 15) is 4.79 Å². The summed E-state index contributed by atoms with van der Waals surface area (Å²) in [4.78, 5) is 12.8. The van der Waals surface area contributed by atoms with Gasteiger partial charge in [-0.05, 0) is 18.6 Å². The minimum atomic E-state index is -0.302. The minimum absolute atomic E-state index is 0.302. The molecule has 0 amide bonds. The third-order valence-electron chi connectivity index (χ3n) is 1.45. The monoisotopic (exact) mass is 204 g/mol. The first kappa shape index (κ1) is 9.55. The van der Waals surface area contributed by atoms with Gasteiger partial charge in [-0.2, -0.15) is 0 Å². The molecule has 0 aromatic carbocycles. The highest BCUT2D eigenvalue weighted by Crippen LogP contribution is 2.23. The molecule has 0 unspecified atom stereocenters. The van der Waals surface area contributed by atoms with E-state index in [1.807, 2.05) is 13.0 Å². The third-order valence-corrected chi connectivity index (χ3v) is 2.81. The lowest BCUT2D eigenvalue weighted by atomic mass is 10.3. The molecule has 0 aliphatic rings. The maximum absolute atomic E-state index is 11.1. The van der Waals surface area contributed by atoms with E-state index in [2.05, 4.69) is 4.74 Å². The number of ether oxygens (including phenoxy) is 1. The molecule has 1 rings (SSSR count). The van der Waals surface area contributed by atoms with Crippen molar-refractivity contribution in [1.82, 2.24) is 0 Å². The molecule has 1 aromatic rings. The lowest BCUT2D eigenvalue weighted by Crippen LogP contribution is -2.00. The molecule has 2 nitrogen and oxygen atoms in total. The van der Waals surface area contributed by atoms with Gasteiger partial charge in [0.25, 0.3) is 0 Å². The Bertz CT molecular complexity index is 293. The number of carbonyl (C=O) groups is 1. The molecule has 0 saturated heterocycles. The summed E-state index contributed by atoms with van der Waals surface area (Å²) in [5, 5.41) is 0. The molecule has 0 fully saturated rings. The van der Waals surface area contributed by atoms with Crippen LogP contribution >= 0.6 is 22.9 Å². The normalized spacial score (nSPS) is 9.92. The van der Waals surface area contributed by atoms with Crippen LogP contribution in [0.3, 0.4) is 0 Å². The van der Waals surface area contributed by atoms with Gasteiger partial charge in [0.05, 0.1) is 7.11 Å². The molecule has 0 aliphatic heterocycles. The molecule has 0 saturated carbocycles. The summed E-state index contributed by atoms with van der Waals surface area (Å²) in [6.45, 7) is 1.94. The fraction of sp³-hybridized carbons (Fsp3) is 0.375. The van der Waals surface area contributed by atoms with Gasteiger partial charge >= 0.3 is 5.97 Å². The number of alkyl halides is 1. The second kappa shape index (κ2) is 3.92. The maximum Gasteiger partial charge on any atom is 0.348 e. The smallest absolute Gasteiger partial charge is 0.348 e. The highest BCUT2D eigenvalue weighted by Gasteiger charge is 2.13. The summed E-state index contributed by atoms with van der Waals surface area (Å²) in [5.41, 5.74) is 0.853. The second-order valence-corrected chi connectivity index (χ2v) is 3.86. The van der Waals surface area contributed by atoms with E-state index in [1.54, 1.807) is 0 Å². The molecule has 0 N–H and O–H groups in total. The van der Waals surface area contributed by atoms with Gasteiger partial charge in [-0.25, -0.2) is 4.79 Å². The van der Waals surface area contributed by atoms with Crippen molar-refractivity contribution in [3.8, 4) is 0 Å². The van der Waals surface area contributed by atoms with E-state index >= 15 is 0 Å². The zero-order valence-corrected chi connectivity index (χ0v) is 8.46. The van der Waals surface area contributed by atoms with E-state index in [0.717, 1.165) is 10.4 Å². The van der Waals surface area contributed by atoms with Gasteiger partial charge in [0, 0.05) is 10.8 Å². The van der Waals surface area contributed by atoms with Crippen molar-refractivity contribution in [3.63, 3.8) is 0 Å². The molecule has 1 heterocycles. The summed E-state index contributed by atoms with van der Waals surface area (Å²) in [6.07, 6.45) is 0. The van der Waals surface area contributed by atoms with Crippen molar-refractivity contribution < 1.29 is 9.53 Å². The van der Waals surface area contributed by atoms with Crippen molar-refractivity contribution in [3.05, 3.63) is 21.4 Å². The van der Waals surface area contributed by atoms with Gasteiger partial charge in [-0.1, -0.05) is 0 Å². The topological polar surface area (TPSA) is 26.3 Å². The molecule has 0 aliphatic carbocycles. The molecular formula is C8H9ClO2S. The zero-order valence-electron chi connectivity index (χ0n) is 6.89. The van der Waals surface area contributed by atoms with Crippen molar-refractivity contribution in [2.24, 2.45) is 0 Å². The Morgan fingerprint density at radius 2 is 2.42 bits per heavy atom. The van der Waals surface area contributed by atoms with Gasteiger partial charge in [-0.15, -0.1) is 22.9 Å². The molecule has 12 heavy (non-hydrogen) atoms. The molecule has 4 heteroatoms. The number of methoxy groups -OCH3 is 1. The van der Waals surface area contributed by atoms with Crippen LogP contribution < -0.4 is 0 Å². The predicted molar refractivity (Wildman–Crippen MR) is 50.0 cm³/mol. The van der Waals surface area contributed by atoms with Crippen molar-refractivity contribution >= 4 is 28.9 Å². The van der Waals surface area contributed by atoms with Crippen molar-refractivity contribution in [1.29, 1.82) is 0 Å². The Morgan fingerprint density at radius 1 is 1.75 bits per heavy atom. The lowest BCUT2D eigenvalue weighted by molar-refractivity contribution is 0.0605. The number of rotatable bonds is 2. The molecule has 0 bridgehead atoms. The Hall–Kier alpha value is -0.540. The molecule has 66 valence electrons. The van der Waals surface area contributed by atoms with E-state index in [-0.39, 0.29) is 5.97 Å². The van der Waals surface area contributed by atoms with Crippen LogP contribution in [0.5, 0.6) is 0 Å². The highest BCUT2D eigenvalue weighted by molar-refractivity contribution is 7.14. The Morgan fingerprint density at radius 3 is 2.92 bits per heavy atom. The molecule has 0 radical (unpaired) electrons. The van der Waals surface area contributed by atoms with Crippen LogP contribution in [-0.4, -0.2) is 13.1 Å². The number of carbonyl (C=O) groups excluding carboxylic acids is 1. The molecule has 1 aromatic heterocycles. The van der Waals surface area contributed by atoms with Gasteiger partial charge in [0.1, 0.15) is 4.88 Å². The van der Waals surface area contributed by atoms with E-state index < -0.39 is 0 Å². The number of aryl methyl sites for hydroxylation is 1. The molecule has 0 atom stereocenters. The van der Waals surface area contributed by atoms with Gasteiger partial charge < -0.3 is 4.74 Å². The Kier molecular flexibility index (Phi) is 3.12. The number of hydrogen-bond donors (Lipinski definition) is 0. The molecular weight excluding hydrogens is 196 g/mol. The highest BCUT2D eigenvalue weighted by atomic mass is 35.5. The summed E-state index contributed by atoms with van der Waals surface area (Å²) >= 11 is 7.06. The Balaban J connectivity index is 3.04. The molecule has 0 spiro atoms. The summed E-state index contributed by atoms with van der Waals surface area (Å²) in [7, 11) is 1.37. The summed E-state index contributed by atoms with van der Waals surface area (Å²) in [5.74, 6) is 0.0538. The SMILES string of the molecule is COC(=O)c1sc(C)cc1CCl. The lowest BCUT2D eigenvalue weighted by Gasteiger charge is -1.96. The van der Waals surface area contributed by atoms with Gasteiger partial charge in [0.2, 0.25) is 0 Å². The predicted octanol–water partition coefficient (Wildman–Crippen LogP) is 2.58. The standard InChI is InChI=1S/C8H9ClO2S/c1-5-3-6(4-9)7(12-5)8(10)11-2/h3H,4H2,1-2H3. The van der Waals surface area contributed by atoms with Crippen LogP contribution in [0.15, 0.2) is 6.07 Å². The summed E-state index contributed by atoms with van der Waals surface area (Å²) < 4.78 is 4.60. The maximum atomic E-state index is 11.1. The average molecular weight is 205 g/mol. The largest absolute Gasteiger partial charge is 0.465 e. The Labute approximate surface area is 80.1 Å². The number of esters is 1. The van der Waals surface area contributed by atoms with Gasteiger partial charge in [-0.3, -0.25) is 0 Å². The van der Waals surface area contributed by atoms with Crippen LogP contribution in [0, 0.1) is 6.92 Å². The first-order valence-electron chi connectivity index (χ1n) is 3.42. The van der Waals surface area contributed by atoms with E-state index in [0.29, 0.717) is 10.8 Å².